The number of carbonyl (C=O) groups is 2. The SMILES string of the molecule is Cc1ccc(C(=O)N2CC3C(C2)C3NCC(=O)N2C(C#N)CC3CC32)cc1. The van der Waals surface area contributed by atoms with Crippen LogP contribution < -0.4 is 5.32 Å². The van der Waals surface area contributed by atoms with Gasteiger partial charge >= 0.3 is 0 Å². The van der Waals surface area contributed by atoms with Crippen molar-refractivity contribution in [2.24, 2.45) is 17.8 Å². The van der Waals surface area contributed by atoms with Gasteiger partial charge in [0.1, 0.15) is 6.04 Å². The zero-order valence-corrected chi connectivity index (χ0v) is 15.5. The fourth-order valence-corrected chi connectivity index (χ4v) is 5.10. The highest BCUT2D eigenvalue weighted by Gasteiger charge is 2.57. The van der Waals surface area contributed by atoms with Gasteiger partial charge in [-0.1, -0.05) is 17.7 Å². The Bertz CT molecular complexity index is 818. The number of carbonyl (C=O) groups excluding carboxylic acids is 2. The fourth-order valence-electron chi connectivity index (χ4n) is 5.10. The van der Waals surface area contributed by atoms with Crippen molar-refractivity contribution in [1.29, 1.82) is 5.26 Å². The first kappa shape index (κ1) is 16.8. The molecule has 2 heterocycles. The second kappa shape index (κ2) is 6.07. The van der Waals surface area contributed by atoms with Gasteiger partial charge in [-0.05, 0) is 49.7 Å². The van der Waals surface area contributed by atoms with Crippen molar-refractivity contribution < 1.29 is 9.59 Å². The number of hydrogen-bond acceptors (Lipinski definition) is 4. The minimum atomic E-state index is -0.232. The summed E-state index contributed by atoms with van der Waals surface area (Å²) in [6, 6.07) is 10.4. The highest BCUT2D eigenvalue weighted by atomic mass is 16.2. The van der Waals surface area contributed by atoms with Gasteiger partial charge in [0, 0.05) is 30.7 Å². The smallest absolute Gasteiger partial charge is 0.253 e. The van der Waals surface area contributed by atoms with E-state index in [0.717, 1.165) is 37.1 Å². The number of nitrogens with one attached hydrogen (secondary N) is 1. The summed E-state index contributed by atoms with van der Waals surface area (Å²) in [5.74, 6) is 1.62. The average molecular weight is 364 g/mol. The predicted octanol–water partition coefficient (Wildman–Crippen LogP) is 1.17. The summed E-state index contributed by atoms with van der Waals surface area (Å²) < 4.78 is 0. The number of aryl methyl sites for hydroxylation is 1. The third-order valence-corrected chi connectivity index (χ3v) is 6.81. The average Bonchev–Trinajstić information content (AvgIpc) is 3.47. The quantitative estimate of drug-likeness (QED) is 0.870. The summed E-state index contributed by atoms with van der Waals surface area (Å²) in [4.78, 5) is 28.9. The molecule has 140 valence electrons. The molecule has 0 aromatic heterocycles. The molecule has 4 aliphatic rings. The van der Waals surface area contributed by atoms with Crippen molar-refractivity contribution in [1.82, 2.24) is 15.1 Å². The van der Waals surface area contributed by atoms with Crippen molar-refractivity contribution in [3.63, 3.8) is 0 Å². The van der Waals surface area contributed by atoms with Gasteiger partial charge in [-0.25, -0.2) is 0 Å². The van der Waals surface area contributed by atoms with Crippen LogP contribution >= 0.6 is 0 Å². The molecule has 2 aliphatic carbocycles. The van der Waals surface area contributed by atoms with Crippen LogP contribution in [0.4, 0.5) is 0 Å². The minimum absolute atomic E-state index is 0.0594. The molecule has 0 bridgehead atoms. The van der Waals surface area contributed by atoms with Crippen LogP contribution in [0, 0.1) is 36.0 Å². The summed E-state index contributed by atoms with van der Waals surface area (Å²) >= 11 is 0. The minimum Gasteiger partial charge on any atom is -0.338 e. The van der Waals surface area contributed by atoms with E-state index >= 15 is 0 Å². The van der Waals surface area contributed by atoms with E-state index in [-0.39, 0.29) is 17.9 Å². The molecule has 1 aromatic rings. The van der Waals surface area contributed by atoms with Crippen molar-refractivity contribution in [3.8, 4) is 6.07 Å². The van der Waals surface area contributed by atoms with E-state index in [9.17, 15) is 14.9 Å². The van der Waals surface area contributed by atoms with Crippen molar-refractivity contribution in [2.45, 2.75) is 37.9 Å². The van der Waals surface area contributed by atoms with E-state index in [4.69, 9.17) is 0 Å². The Morgan fingerprint density at radius 1 is 1.19 bits per heavy atom. The molecule has 0 spiro atoms. The van der Waals surface area contributed by atoms with Gasteiger partial charge in [-0.3, -0.25) is 9.59 Å². The van der Waals surface area contributed by atoms with Crippen LogP contribution in [0.1, 0.15) is 28.8 Å². The Labute approximate surface area is 159 Å². The lowest BCUT2D eigenvalue weighted by Gasteiger charge is -2.24. The number of fused-ring (bicyclic) bond motifs is 2. The number of benzene rings is 1. The molecule has 2 aliphatic heterocycles. The Morgan fingerprint density at radius 2 is 1.89 bits per heavy atom. The maximum atomic E-state index is 12.6. The molecule has 2 saturated heterocycles. The molecule has 5 unspecified atom stereocenters. The molecule has 2 amide bonds. The summed E-state index contributed by atoms with van der Waals surface area (Å²) in [6.07, 6.45) is 1.91. The van der Waals surface area contributed by atoms with Crippen LogP contribution in [0.3, 0.4) is 0 Å². The molecule has 6 heteroatoms. The van der Waals surface area contributed by atoms with Crippen molar-refractivity contribution >= 4 is 11.8 Å². The van der Waals surface area contributed by atoms with Crippen molar-refractivity contribution in [3.05, 3.63) is 35.4 Å². The van der Waals surface area contributed by atoms with E-state index in [1.165, 1.54) is 0 Å². The highest BCUT2D eigenvalue weighted by Crippen LogP contribution is 2.48. The van der Waals surface area contributed by atoms with Gasteiger partial charge in [0.2, 0.25) is 5.91 Å². The molecule has 2 saturated carbocycles. The molecule has 0 radical (unpaired) electrons. The zero-order valence-electron chi connectivity index (χ0n) is 15.5. The van der Waals surface area contributed by atoms with Gasteiger partial charge in [0.25, 0.3) is 5.91 Å². The number of likely N-dealkylation sites (tertiary alicyclic amines) is 2. The second-order valence-electron chi connectivity index (χ2n) is 8.56. The number of amides is 2. The lowest BCUT2D eigenvalue weighted by Crippen LogP contribution is -2.44. The van der Waals surface area contributed by atoms with Crippen LogP contribution in [0.25, 0.3) is 0 Å². The highest BCUT2D eigenvalue weighted by molar-refractivity contribution is 5.94. The number of nitriles is 1. The van der Waals surface area contributed by atoms with Crippen LogP contribution in [0.2, 0.25) is 0 Å². The van der Waals surface area contributed by atoms with Crippen LogP contribution in [0.15, 0.2) is 24.3 Å². The summed E-state index contributed by atoms with van der Waals surface area (Å²) in [5.41, 5.74) is 1.90. The number of nitrogens with zero attached hydrogens (tertiary/aromatic N) is 3. The Kier molecular flexibility index (Phi) is 3.76. The standard InChI is InChI=1S/C21H24N4O2/c1-12-2-4-13(5-3-12)21(27)24-10-16-17(11-24)20(16)23-9-19(26)25-15(8-22)6-14-7-18(14)25/h2-5,14-18,20,23H,6-7,9-11H2,1H3. The predicted molar refractivity (Wildman–Crippen MR) is 98.6 cm³/mol. The Balaban J connectivity index is 1.11. The Hall–Kier alpha value is -2.39. The second-order valence-corrected chi connectivity index (χ2v) is 8.56. The van der Waals surface area contributed by atoms with Crippen molar-refractivity contribution in [2.75, 3.05) is 19.6 Å². The van der Waals surface area contributed by atoms with Gasteiger partial charge in [0.15, 0.2) is 0 Å². The van der Waals surface area contributed by atoms with E-state index in [2.05, 4.69) is 11.4 Å². The molecule has 6 nitrogen and oxygen atoms in total. The van der Waals surface area contributed by atoms with Crippen LogP contribution in [-0.2, 0) is 4.79 Å². The lowest BCUT2D eigenvalue weighted by atomic mass is 10.1. The first-order valence-electron chi connectivity index (χ1n) is 9.87. The van der Waals surface area contributed by atoms with E-state index in [0.29, 0.717) is 36.4 Å². The molecule has 4 fully saturated rings. The first-order valence-corrected chi connectivity index (χ1v) is 9.87. The molecular formula is C21H24N4O2. The molecular weight excluding hydrogens is 340 g/mol. The zero-order chi connectivity index (χ0) is 18.7. The summed E-state index contributed by atoms with van der Waals surface area (Å²) in [5, 5.41) is 12.6. The van der Waals surface area contributed by atoms with Crippen LogP contribution in [-0.4, -0.2) is 59.4 Å². The third-order valence-electron chi connectivity index (χ3n) is 6.81. The molecule has 1 N–H and O–H groups in total. The largest absolute Gasteiger partial charge is 0.338 e. The molecule has 27 heavy (non-hydrogen) atoms. The number of hydrogen-bond donors (Lipinski definition) is 1. The van der Waals surface area contributed by atoms with Gasteiger partial charge in [-0.15, -0.1) is 0 Å². The van der Waals surface area contributed by atoms with Gasteiger partial charge in [0.05, 0.1) is 12.6 Å². The summed E-state index contributed by atoms with van der Waals surface area (Å²) in [6.45, 7) is 3.85. The number of rotatable bonds is 4. The van der Waals surface area contributed by atoms with E-state index < -0.39 is 0 Å². The molecule has 5 atom stereocenters. The number of piperidine rings is 2. The Morgan fingerprint density at radius 3 is 2.56 bits per heavy atom. The molecule has 5 rings (SSSR count). The van der Waals surface area contributed by atoms with Crippen LogP contribution in [0.5, 0.6) is 0 Å². The maximum Gasteiger partial charge on any atom is 0.253 e. The normalized spacial score (nSPS) is 35.4. The third kappa shape index (κ3) is 2.81. The van der Waals surface area contributed by atoms with Gasteiger partial charge < -0.3 is 15.1 Å². The monoisotopic (exact) mass is 364 g/mol. The first-order chi connectivity index (χ1) is 13.1. The van der Waals surface area contributed by atoms with E-state index in [1.54, 1.807) is 0 Å². The molecule has 1 aromatic carbocycles. The lowest BCUT2D eigenvalue weighted by molar-refractivity contribution is -0.131. The fraction of sp³-hybridized carbons (Fsp3) is 0.571. The topological polar surface area (TPSA) is 76.4 Å². The maximum absolute atomic E-state index is 12.6. The van der Waals surface area contributed by atoms with Gasteiger partial charge in [-0.2, -0.15) is 5.26 Å². The summed E-state index contributed by atoms with van der Waals surface area (Å²) in [7, 11) is 0. The van der Waals surface area contributed by atoms with E-state index in [1.807, 2.05) is 41.0 Å².